The maximum Gasteiger partial charge on any atom is 0.0654 e. The molecule has 4 heteroatoms. The van der Waals surface area contributed by atoms with E-state index in [0.29, 0.717) is 10.0 Å². The Kier molecular flexibility index (Phi) is 5.23. The number of nitrogens with zero attached hydrogens (tertiary/aromatic N) is 1. The zero-order valence-corrected chi connectivity index (χ0v) is 10.6. The Morgan fingerprint density at radius 3 is 2.67 bits per heavy atom. The zero-order valence-electron chi connectivity index (χ0n) is 9.06. The lowest BCUT2D eigenvalue weighted by Crippen LogP contribution is -2.29. The minimum absolute atomic E-state index is 0.670. The van der Waals surface area contributed by atoms with Crippen molar-refractivity contribution in [2.45, 2.75) is 6.92 Å². The van der Waals surface area contributed by atoms with E-state index in [1.165, 1.54) is 0 Å². The van der Waals surface area contributed by atoms with Crippen molar-refractivity contribution < 1.29 is 0 Å². The smallest absolute Gasteiger partial charge is 0.0654 e. The van der Waals surface area contributed by atoms with E-state index >= 15 is 0 Å². The summed E-state index contributed by atoms with van der Waals surface area (Å²) in [5.74, 6) is 0. The fourth-order valence-corrected chi connectivity index (χ4v) is 1.89. The van der Waals surface area contributed by atoms with Gasteiger partial charge in [-0.15, -0.1) is 0 Å². The fraction of sp³-hybridized carbons (Fsp3) is 0.455. The summed E-state index contributed by atoms with van der Waals surface area (Å²) in [7, 11) is 2.02. The van der Waals surface area contributed by atoms with Gasteiger partial charge >= 0.3 is 0 Å². The number of likely N-dealkylation sites (N-methyl/N-ethyl adjacent to an activating group) is 2. The first-order chi connectivity index (χ1) is 7.15. The van der Waals surface area contributed by atoms with Gasteiger partial charge in [0.2, 0.25) is 0 Å². The maximum atomic E-state index is 6.09. The average Bonchev–Trinajstić information content (AvgIpc) is 2.17. The standard InChI is InChI=1S/C11H16Cl2N2/c1-3-14-6-7-15(2)11-5-4-9(12)8-10(11)13/h4-5,8,14H,3,6-7H2,1-2H3. The van der Waals surface area contributed by atoms with Gasteiger partial charge in [0.25, 0.3) is 0 Å². The van der Waals surface area contributed by atoms with Gasteiger partial charge in [-0.3, -0.25) is 0 Å². The van der Waals surface area contributed by atoms with E-state index in [-0.39, 0.29) is 0 Å². The van der Waals surface area contributed by atoms with Gasteiger partial charge in [-0.25, -0.2) is 0 Å². The zero-order chi connectivity index (χ0) is 11.3. The number of anilines is 1. The molecule has 0 saturated carbocycles. The molecule has 1 aromatic rings. The molecule has 2 nitrogen and oxygen atoms in total. The van der Waals surface area contributed by atoms with Crippen LogP contribution >= 0.6 is 23.2 Å². The summed E-state index contributed by atoms with van der Waals surface area (Å²) in [5.41, 5.74) is 1.01. The molecular weight excluding hydrogens is 231 g/mol. The highest BCUT2D eigenvalue weighted by Crippen LogP contribution is 2.27. The highest BCUT2D eigenvalue weighted by Gasteiger charge is 2.05. The third-order valence-corrected chi connectivity index (χ3v) is 2.73. The summed E-state index contributed by atoms with van der Waals surface area (Å²) >= 11 is 11.9. The first-order valence-corrected chi connectivity index (χ1v) is 5.77. The molecule has 0 aliphatic heterocycles. The predicted molar refractivity (Wildman–Crippen MR) is 68.3 cm³/mol. The van der Waals surface area contributed by atoms with Gasteiger partial charge < -0.3 is 10.2 Å². The lowest BCUT2D eigenvalue weighted by atomic mass is 10.3. The van der Waals surface area contributed by atoms with Gasteiger partial charge in [-0.1, -0.05) is 30.1 Å². The number of rotatable bonds is 5. The molecule has 0 unspecified atom stereocenters. The van der Waals surface area contributed by atoms with E-state index in [9.17, 15) is 0 Å². The van der Waals surface area contributed by atoms with E-state index in [2.05, 4.69) is 17.1 Å². The fourth-order valence-electron chi connectivity index (χ4n) is 1.33. The van der Waals surface area contributed by atoms with Crippen LogP contribution in [-0.4, -0.2) is 26.7 Å². The first kappa shape index (κ1) is 12.6. The Bertz CT molecular complexity index is 315. The Labute approximate surface area is 101 Å². The largest absolute Gasteiger partial charge is 0.372 e. The Morgan fingerprint density at radius 1 is 1.33 bits per heavy atom. The summed E-state index contributed by atoms with van der Waals surface area (Å²) in [5, 5.41) is 4.63. The van der Waals surface area contributed by atoms with Crippen molar-refractivity contribution in [3.05, 3.63) is 28.2 Å². The third kappa shape index (κ3) is 3.90. The summed E-state index contributed by atoms with van der Waals surface area (Å²) < 4.78 is 0. The second-order valence-corrected chi connectivity index (χ2v) is 4.21. The lowest BCUT2D eigenvalue weighted by molar-refractivity contribution is 0.706. The summed E-state index contributed by atoms with van der Waals surface area (Å²) in [6.45, 7) is 4.96. The molecule has 84 valence electrons. The topological polar surface area (TPSA) is 15.3 Å². The third-order valence-electron chi connectivity index (χ3n) is 2.19. The van der Waals surface area contributed by atoms with Crippen LogP contribution in [-0.2, 0) is 0 Å². The Balaban J connectivity index is 2.61. The molecule has 1 aromatic carbocycles. The van der Waals surface area contributed by atoms with Crippen LogP contribution in [0.4, 0.5) is 5.69 Å². The number of hydrogen-bond acceptors (Lipinski definition) is 2. The van der Waals surface area contributed by atoms with Crippen LogP contribution in [0.3, 0.4) is 0 Å². The monoisotopic (exact) mass is 246 g/mol. The highest BCUT2D eigenvalue weighted by atomic mass is 35.5. The lowest BCUT2D eigenvalue weighted by Gasteiger charge is -2.20. The van der Waals surface area contributed by atoms with Crippen LogP contribution in [0.1, 0.15) is 6.92 Å². The second-order valence-electron chi connectivity index (χ2n) is 3.37. The van der Waals surface area contributed by atoms with Crippen molar-refractivity contribution in [2.75, 3.05) is 31.6 Å². The predicted octanol–water partition coefficient (Wildman–Crippen LogP) is 3.04. The Morgan fingerprint density at radius 2 is 2.07 bits per heavy atom. The molecular formula is C11H16Cl2N2. The number of nitrogens with one attached hydrogen (secondary N) is 1. The van der Waals surface area contributed by atoms with Crippen LogP contribution in [0, 0.1) is 0 Å². The molecule has 0 fully saturated rings. The van der Waals surface area contributed by atoms with Crippen LogP contribution in [0.25, 0.3) is 0 Å². The number of benzene rings is 1. The van der Waals surface area contributed by atoms with Crippen molar-refractivity contribution >= 4 is 28.9 Å². The van der Waals surface area contributed by atoms with Crippen LogP contribution in [0.15, 0.2) is 18.2 Å². The minimum atomic E-state index is 0.670. The van der Waals surface area contributed by atoms with Crippen molar-refractivity contribution in [1.29, 1.82) is 0 Å². The quantitative estimate of drug-likeness (QED) is 0.804. The van der Waals surface area contributed by atoms with Gasteiger partial charge in [0.1, 0.15) is 0 Å². The van der Waals surface area contributed by atoms with E-state index in [1.54, 1.807) is 6.07 Å². The summed E-state index contributed by atoms with van der Waals surface area (Å²) in [4.78, 5) is 2.11. The van der Waals surface area contributed by atoms with Gasteiger partial charge in [0, 0.05) is 25.2 Å². The van der Waals surface area contributed by atoms with Crippen molar-refractivity contribution in [2.24, 2.45) is 0 Å². The van der Waals surface area contributed by atoms with E-state index in [1.807, 2.05) is 19.2 Å². The molecule has 1 N–H and O–H groups in total. The minimum Gasteiger partial charge on any atom is -0.372 e. The molecule has 0 aliphatic carbocycles. The number of halogens is 2. The van der Waals surface area contributed by atoms with E-state index in [4.69, 9.17) is 23.2 Å². The number of hydrogen-bond donors (Lipinski definition) is 1. The average molecular weight is 247 g/mol. The molecule has 0 radical (unpaired) electrons. The SMILES string of the molecule is CCNCCN(C)c1ccc(Cl)cc1Cl. The maximum absolute atomic E-state index is 6.09. The van der Waals surface area contributed by atoms with Gasteiger partial charge in [0.15, 0.2) is 0 Å². The molecule has 0 aromatic heterocycles. The molecule has 0 spiro atoms. The normalized spacial score (nSPS) is 10.4. The van der Waals surface area contributed by atoms with Gasteiger partial charge in [0.05, 0.1) is 10.7 Å². The van der Waals surface area contributed by atoms with Crippen LogP contribution < -0.4 is 10.2 Å². The summed E-state index contributed by atoms with van der Waals surface area (Å²) in [6.07, 6.45) is 0. The van der Waals surface area contributed by atoms with Crippen molar-refractivity contribution in [3.63, 3.8) is 0 Å². The molecule has 0 saturated heterocycles. The highest BCUT2D eigenvalue weighted by molar-refractivity contribution is 6.36. The van der Waals surface area contributed by atoms with Crippen molar-refractivity contribution in [1.82, 2.24) is 5.32 Å². The van der Waals surface area contributed by atoms with Gasteiger partial charge in [-0.05, 0) is 24.7 Å². The van der Waals surface area contributed by atoms with Crippen LogP contribution in [0.2, 0.25) is 10.0 Å². The molecule has 1 rings (SSSR count). The van der Waals surface area contributed by atoms with E-state index in [0.717, 1.165) is 25.3 Å². The molecule has 0 amide bonds. The first-order valence-electron chi connectivity index (χ1n) is 5.02. The second kappa shape index (κ2) is 6.21. The molecule has 0 heterocycles. The molecule has 15 heavy (non-hydrogen) atoms. The van der Waals surface area contributed by atoms with Crippen LogP contribution in [0.5, 0.6) is 0 Å². The van der Waals surface area contributed by atoms with E-state index < -0.39 is 0 Å². The summed E-state index contributed by atoms with van der Waals surface area (Å²) in [6, 6.07) is 5.56. The van der Waals surface area contributed by atoms with Crippen molar-refractivity contribution in [3.8, 4) is 0 Å². The molecule has 0 bridgehead atoms. The molecule has 0 aliphatic rings. The Hall–Kier alpha value is -0.440. The molecule has 0 atom stereocenters. The van der Waals surface area contributed by atoms with Gasteiger partial charge in [-0.2, -0.15) is 0 Å².